The van der Waals surface area contributed by atoms with Crippen molar-refractivity contribution >= 4 is 33.4 Å². The molecule has 4 aliphatic rings. The largest absolute Gasteiger partial charge is 0.393 e. The topological polar surface area (TPSA) is 79.9 Å². The fraction of sp³-hybridized carbons (Fsp3) is 0.622. The summed E-state index contributed by atoms with van der Waals surface area (Å²) in [5.74, 6) is 0.688. The minimum Gasteiger partial charge on any atom is -0.393 e. The van der Waals surface area contributed by atoms with E-state index in [1.807, 2.05) is 4.90 Å². The number of aromatic amines is 1. The van der Waals surface area contributed by atoms with E-state index in [9.17, 15) is 14.7 Å². The number of rotatable bonds is 7. The van der Waals surface area contributed by atoms with Crippen molar-refractivity contribution in [1.29, 1.82) is 0 Å². The average molecular weight is 631 g/mol. The van der Waals surface area contributed by atoms with Gasteiger partial charge in [0.25, 0.3) is 0 Å². The fourth-order valence-electron chi connectivity index (χ4n) is 8.66. The zero-order chi connectivity index (χ0) is 31.5. The normalized spacial score (nSPS) is 23.5. The number of H-pyrrole nitrogens is 1. The van der Waals surface area contributed by atoms with E-state index < -0.39 is 5.41 Å². The Kier molecular flexibility index (Phi) is 8.36. The lowest BCUT2D eigenvalue weighted by Gasteiger charge is -2.36. The van der Waals surface area contributed by atoms with Crippen molar-refractivity contribution in [1.82, 2.24) is 19.7 Å². The Hall–Kier alpha value is -2.68. The van der Waals surface area contributed by atoms with Gasteiger partial charge in [0.1, 0.15) is 4.83 Å². The SMILES string of the molecule is Cc1cc(C)cc(-c2[nH]c3sc(C(C)(C)C(=O)N4C5CCC4CC5)cc3c2CCN2CCC(C(=O)N3CCC(O)CC3)CC2)c1. The maximum atomic E-state index is 14.0. The zero-order valence-corrected chi connectivity index (χ0v) is 28.3. The first kappa shape index (κ1) is 30.9. The lowest BCUT2D eigenvalue weighted by atomic mass is 9.88. The summed E-state index contributed by atoms with van der Waals surface area (Å²) in [5, 5.41) is 11.1. The number of thiophene rings is 1. The van der Waals surface area contributed by atoms with E-state index in [-0.39, 0.29) is 17.9 Å². The summed E-state index contributed by atoms with van der Waals surface area (Å²) < 4.78 is 0. The molecule has 7 nitrogen and oxygen atoms in total. The molecule has 45 heavy (non-hydrogen) atoms. The molecule has 6 heterocycles. The van der Waals surface area contributed by atoms with Gasteiger partial charge in [0, 0.05) is 47.9 Å². The summed E-state index contributed by atoms with van der Waals surface area (Å²) in [4.78, 5) is 40.0. The van der Waals surface area contributed by atoms with Crippen LogP contribution in [0.25, 0.3) is 21.5 Å². The fourth-order valence-corrected chi connectivity index (χ4v) is 9.84. The predicted octanol–water partition coefficient (Wildman–Crippen LogP) is 6.18. The number of carbonyl (C=O) groups is 2. The second kappa shape index (κ2) is 12.2. The van der Waals surface area contributed by atoms with Gasteiger partial charge in [0.15, 0.2) is 0 Å². The van der Waals surface area contributed by atoms with Crippen molar-refractivity contribution < 1.29 is 14.7 Å². The molecule has 0 unspecified atom stereocenters. The van der Waals surface area contributed by atoms with Crippen LogP contribution in [0.15, 0.2) is 24.3 Å². The molecular formula is C37H50N4O3S. The molecule has 2 amide bonds. The minimum absolute atomic E-state index is 0.103. The van der Waals surface area contributed by atoms with Crippen molar-refractivity contribution in [3.05, 3.63) is 45.8 Å². The average Bonchev–Trinajstić information content (AvgIpc) is 3.80. The number of aliphatic hydroxyl groups excluding tert-OH is 1. The van der Waals surface area contributed by atoms with E-state index in [0.29, 0.717) is 43.9 Å². The number of benzene rings is 1. The van der Waals surface area contributed by atoms with Crippen LogP contribution in [0.2, 0.25) is 0 Å². The van der Waals surface area contributed by atoms with Crippen LogP contribution in [0.4, 0.5) is 0 Å². The number of aliphatic hydroxyl groups is 1. The van der Waals surface area contributed by atoms with Crippen LogP contribution >= 0.6 is 11.3 Å². The molecule has 4 aliphatic heterocycles. The van der Waals surface area contributed by atoms with Crippen LogP contribution in [-0.2, 0) is 21.4 Å². The molecule has 3 aromatic rings. The number of aromatic nitrogens is 1. The van der Waals surface area contributed by atoms with E-state index in [1.54, 1.807) is 11.3 Å². The number of hydrogen-bond acceptors (Lipinski definition) is 5. The third-order valence-corrected chi connectivity index (χ3v) is 12.7. The predicted molar refractivity (Wildman–Crippen MR) is 182 cm³/mol. The van der Waals surface area contributed by atoms with Crippen LogP contribution in [-0.4, -0.2) is 87.5 Å². The van der Waals surface area contributed by atoms with Gasteiger partial charge >= 0.3 is 0 Å². The molecule has 7 rings (SSSR count). The van der Waals surface area contributed by atoms with Gasteiger partial charge in [0.2, 0.25) is 11.8 Å². The summed E-state index contributed by atoms with van der Waals surface area (Å²) in [6.45, 7) is 12.8. The molecule has 1 aromatic carbocycles. The van der Waals surface area contributed by atoms with Gasteiger partial charge in [-0.3, -0.25) is 9.59 Å². The number of aryl methyl sites for hydroxylation is 2. The Morgan fingerprint density at radius 3 is 2.13 bits per heavy atom. The summed E-state index contributed by atoms with van der Waals surface area (Å²) >= 11 is 1.76. The molecule has 4 saturated heterocycles. The Labute approximate surface area is 272 Å². The summed E-state index contributed by atoms with van der Waals surface area (Å²) in [7, 11) is 0. The van der Waals surface area contributed by atoms with E-state index in [2.05, 4.69) is 66.7 Å². The third kappa shape index (κ3) is 5.87. The lowest BCUT2D eigenvalue weighted by molar-refractivity contribution is -0.139. The Bertz CT molecular complexity index is 1530. The Morgan fingerprint density at radius 1 is 0.889 bits per heavy atom. The maximum Gasteiger partial charge on any atom is 0.233 e. The standard InChI is InChI=1S/C37H50N4O3S/c1-23-19-24(2)21-26(20-23)33-30(13-16-39-14-9-25(10-15-39)35(43)40-17-11-29(42)12-18-40)31-22-32(45-34(31)38-33)37(3,4)36(44)41-27-5-6-28(41)8-7-27/h19-22,25,27-29,38,42H,5-18H2,1-4H3. The van der Waals surface area contributed by atoms with Gasteiger partial charge in [0.05, 0.1) is 17.2 Å². The van der Waals surface area contributed by atoms with Gasteiger partial charge in [-0.25, -0.2) is 0 Å². The van der Waals surface area contributed by atoms with Crippen molar-refractivity contribution in [2.45, 2.75) is 109 Å². The van der Waals surface area contributed by atoms with Crippen LogP contribution in [0.1, 0.15) is 86.8 Å². The number of likely N-dealkylation sites (tertiary alicyclic amines) is 2. The first-order valence-corrected chi connectivity index (χ1v) is 18.2. The van der Waals surface area contributed by atoms with Crippen LogP contribution in [0.3, 0.4) is 0 Å². The third-order valence-electron chi connectivity index (χ3n) is 11.3. The highest BCUT2D eigenvalue weighted by Gasteiger charge is 2.47. The number of piperidine rings is 2. The molecule has 8 heteroatoms. The molecule has 242 valence electrons. The van der Waals surface area contributed by atoms with Crippen molar-refractivity contribution in [2.24, 2.45) is 5.92 Å². The smallest absolute Gasteiger partial charge is 0.233 e. The van der Waals surface area contributed by atoms with E-state index in [1.165, 1.54) is 33.3 Å². The van der Waals surface area contributed by atoms with Gasteiger partial charge in [-0.05, 0) is 128 Å². The number of fused-ring (bicyclic) bond motifs is 3. The van der Waals surface area contributed by atoms with Gasteiger partial charge in [-0.1, -0.05) is 17.2 Å². The first-order chi connectivity index (χ1) is 21.6. The maximum absolute atomic E-state index is 14.0. The Balaban J connectivity index is 1.10. The lowest BCUT2D eigenvalue weighted by Crippen LogP contribution is -2.46. The Morgan fingerprint density at radius 2 is 1.51 bits per heavy atom. The molecule has 0 radical (unpaired) electrons. The van der Waals surface area contributed by atoms with Crippen molar-refractivity contribution in [3.63, 3.8) is 0 Å². The molecule has 2 N–H and O–H groups in total. The van der Waals surface area contributed by atoms with Gasteiger partial charge in [-0.15, -0.1) is 11.3 Å². The quantitative estimate of drug-likeness (QED) is 0.327. The number of nitrogens with one attached hydrogen (secondary N) is 1. The molecular weight excluding hydrogens is 580 g/mol. The highest BCUT2D eigenvalue weighted by atomic mass is 32.1. The molecule has 2 bridgehead atoms. The van der Waals surface area contributed by atoms with Crippen molar-refractivity contribution in [2.75, 3.05) is 32.7 Å². The molecule has 0 saturated carbocycles. The van der Waals surface area contributed by atoms with E-state index in [4.69, 9.17) is 0 Å². The number of nitrogens with zero attached hydrogens (tertiary/aromatic N) is 3. The second-order valence-electron chi connectivity index (χ2n) is 14.9. The number of carbonyl (C=O) groups excluding carboxylic acids is 2. The van der Waals surface area contributed by atoms with Crippen LogP contribution in [0.5, 0.6) is 0 Å². The number of hydrogen-bond donors (Lipinski definition) is 2. The van der Waals surface area contributed by atoms with Crippen LogP contribution < -0.4 is 0 Å². The highest BCUT2D eigenvalue weighted by Crippen LogP contribution is 2.44. The minimum atomic E-state index is -0.548. The summed E-state index contributed by atoms with van der Waals surface area (Å²) in [5.41, 5.74) is 5.75. The molecule has 4 fully saturated rings. The highest BCUT2D eigenvalue weighted by molar-refractivity contribution is 7.19. The monoisotopic (exact) mass is 630 g/mol. The van der Waals surface area contributed by atoms with Crippen LogP contribution in [0, 0.1) is 19.8 Å². The summed E-state index contributed by atoms with van der Waals surface area (Å²) in [6, 6.07) is 9.97. The summed E-state index contributed by atoms with van der Waals surface area (Å²) in [6.07, 6.45) is 8.53. The van der Waals surface area contributed by atoms with Crippen molar-refractivity contribution in [3.8, 4) is 11.3 Å². The second-order valence-corrected chi connectivity index (χ2v) is 16.0. The van der Waals surface area contributed by atoms with Gasteiger partial charge < -0.3 is 24.8 Å². The molecule has 0 atom stereocenters. The number of amides is 2. The molecule has 2 aromatic heterocycles. The van der Waals surface area contributed by atoms with E-state index in [0.717, 1.165) is 74.3 Å². The van der Waals surface area contributed by atoms with Gasteiger partial charge in [-0.2, -0.15) is 0 Å². The molecule has 0 spiro atoms. The zero-order valence-electron chi connectivity index (χ0n) is 27.5. The molecule has 0 aliphatic carbocycles. The first-order valence-electron chi connectivity index (χ1n) is 17.3. The van der Waals surface area contributed by atoms with E-state index >= 15 is 0 Å².